The molecule has 1 fully saturated rings. The number of Topliss-reactive ketones (excluding diaryl/α,β-unsaturated/α-hetero) is 1. The van der Waals surface area contributed by atoms with E-state index in [-0.39, 0.29) is 12.0 Å². The van der Waals surface area contributed by atoms with Crippen LogP contribution in [0.4, 0.5) is 0 Å². The van der Waals surface area contributed by atoms with Gasteiger partial charge in [0.2, 0.25) is 0 Å². The summed E-state index contributed by atoms with van der Waals surface area (Å²) in [6.07, 6.45) is 5.12. The Morgan fingerprint density at radius 2 is 2.44 bits per heavy atom. The van der Waals surface area contributed by atoms with Gasteiger partial charge < -0.3 is 10.1 Å². The zero-order valence-electron chi connectivity index (χ0n) is 11.1. The number of carbonyl (C=O) groups is 1. The molecule has 2 heterocycles. The third-order valence-corrected chi connectivity index (χ3v) is 3.38. The monoisotopic (exact) mass is 251 g/mol. The van der Waals surface area contributed by atoms with Crippen LogP contribution in [0.1, 0.15) is 18.9 Å². The first-order valence-electron chi connectivity index (χ1n) is 6.52. The second-order valence-electron chi connectivity index (χ2n) is 4.80. The third kappa shape index (κ3) is 3.17. The summed E-state index contributed by atoms with van der Waals surface area (Å²) in [7, 11) is 1.89. The second-order valence-corrected chi connectivity index (χ2v) is 4.80. The first-order valence-corrected chi connectivity index (χ1v) is 6.52. The molecular formula is C13H21N3O2. The normalized spacial score (nSPS) is 23.4. The van der Waals surface area contributed by atoms with Gasteiger partial charge in [-0.05, 0) is 18.5 Å². The predicted octanol–water partition coefficient (Wildman–Crippen LogP) is 0.546. The molecule has 0 saturated carbocycles. The number of rotatable bonds is 6. The van der Waals surface area contributed by atoms with Crippen LogP contribution >= 0.6 is 0 Å². The highest BCUT2D eigenvalue weighted by atomic mass is 16.5. The average Bonchev–Trinajstić information content (AvgIpc) is 2.96. The quantitative estimate of drug-likeness (QED) is 0.802. The minimum atomic E-state index is 0.0154. The van der Waals surface area contributed by atoms with Gasteiger partial charge in [-0.3, -0.25) is 9.48 Å². The number of aryl methyl sites for hydroxylation is 2. The molecule has 5 heteroatoms. The number of carbonyl (C=O) groups excluding carboxylic acids is 1. The van der Waals surface area contributed by atoms with Crippen LogP contribution in [0.15, 0.2) is 12.4 Å². The van der Waals surface area contributed by atoms with Gasteiger partial charge >= 0.3 is 0 Å². The van der Waals surface area contributed by atoms with Gasteiger partial charge in [0, 0.05) is 25.7 Å². The van der Waals surface area contributed by atoms with E-state index in [1.807, 2.05) is 19.4 Å². The lowest BCUT2D eigenvalue weighted by molar-refractivity contribution is -0.123. The number of likely N-dealkylation sites (N-methyl/N-ethyl adjacent to an activating group) is 1. The summed E-state index contributed by atoms with van der Waals surface area (Å²) in [5.74, 6) is 0.309. The number of hydrogen-bond donors (Lipinski definition) is 1. The van der Waals surface area contributed by atoms with Gasteiger partial charge in [0.15, 0.2) is 0 Å². The number of aromatic nitrogens is 2. The number of ether oxygens (including phenoxy) is 1. The second kappa shape index (κ2) is 6.11. The van der Waals surface area contributed by atoms with Crippen LogP contribution in [0.25, 0.3) is 0 Å². The lowest BCUT2D eigenvalue weighted by atomic mass is 9.94. The molecule has 2 unspecified atom stereocenters. The van der Waals surface area contributed by atoms with Gasteiger partial charge in [-0.1, -0.05) is 6.92 Å². The Hall–Kier alpha value is -1.20. The zero-order chi connectivity index (χ0) is 13.0. The Kier molecular flexibility index (Phi) is 4.49. The van der Waals surface area contributed by atoms with E-state index in [0.717, 1.165) is 18.5 Å². The summed E-state index contributed by atoms with van der Waals surface area (Å²) in [4.78, 5) is 12.2. The smallest absolute Gasteiger partial charge is 0.140 e. The van der Waals surface area contributed by atoms with Crippen LogP contribution < -0.4 is 5.32 Å². The van der Waals surface area contributed by atoms with Gasteiger partial charge in [0.1, 0.15) is 5.78 Å². The Balaban J connectivity index is 1.83. The van der Waals surface area contributed by atoms with Crippen molar-refractivity contribution in [2.75, 3.05) is 19.8 Å². The zero-order valence-corrected chi connectivity index (χ0v) is 11.1. The Labute approximate surface area is 108 Å². The molecular weight excluding hydrogens is 230 g/mol. The van der Waals surface area contributed by atoms with E-state index < -0.39 is 0 Å². The topological polar surface area (TPSA) is 56.1 Å². The molecule has 0 bridgehead atoms. The van der Waals surface area contributed by atoms with E-state index in [9.17, 15) is 4.79 Å². The van der Waals surface area contributed by atoms with Crippen LogP contribution in [-0.2, 0) is 23.0 Å². The largest absolute Gasteiger partial charge is 0.379 e. The van der Waals surface area contributed by atoms with Gasteiger partial charge in [-0.15, -0.1) is 0 Å². The fraction of sp³-hybridized carbons (Fsp3) is 0.692. The van der Waals surface area contributed by atoms with Gasteiger partial charge in [-0.25, -0.2) is 0 Å². The highest BCUT2D eigenvalue weighted by Gasteiger charge is 2.32. The molecule has 0 aliphatic carbocycles. The highest BCUT2D eigenvalue weighted by Crippen LogP contribution is 2.17. The fourth-order valence-corrected chi connectivity index (χ4v) is 2.39. The van der Waals surface area contributed by atoms with Crippen molar-refractivity contribution in [3.63, 3.8) is 0 Å². The van der Waals surface area contributed by atoms with Gasteiger partial charge in [-0.2, -0.15) is 5.10 Å². The number of hydrogen-bond acceptors (Lipinski definition) is 4. The van der Waals surface area contributed by atoms with Crippen LogP contribution in [0.3, 0.4) is 0 Å². The van der Waals surface area contributed by atoms with Gasteiger partial charge in [0.25, 0.3) is 0 Å². The predicted molar refractivity (Wildman–Crippen MR) is 68.3 cm³/mol. The van der Waals surface area contributed by atoms with E-state index in [1.54, 1.807) is 4.68 Å². The highest BCUT2D eigenvalue weighted by molar-refractivity contribution is 5.82. The molecule has 2 rings (SSSR count). The first-order chi connectivity index (χ1) is 8.70. The Morgan fingerprint density at radius 1 is 1.61 bits per heavy atom. The molecule has 0 radical (unpaired) electrons. The van der Waals surface area contributed by atoms with Crippen LogP contribution in [0.5, 0.6) is 0 Å². The Morgan fingerprint density at radius 3 is 3.11 bits per heavy atom. The Bertz CT molecular complexity index is 403. The molecule has 1 aliphatic rings. The standard InChI is InChI=1S/C13H21N3O2/c1-3-14-12-9-18-8-11(12)13(17)5-4-10-6-15-16(2)7-10/h6-7,11-12,14H,3-5,8-9H2,1-2H3. The minimum absolute atomic E-state index is 0.0154. The van der Waals surface area contributed by atoms with Crippen molar-refractivity contribution in [3.8, 4) is 0 Å². The third-order valence-electron chi connectivity index (χ3n) is 3.38. The summed E-state index contributed by atoms with van der Waals surface area (Å²) >= 11 is 0. The van der Waals surface area contributed by atoms with E-state index in [0.29, 0.717) is 25.4 Å². The molecule has 0 amide bonds. The maximum absolute atomic E-state index is 12.2. The summed E-state index contributed by atoms with van der Waals surface area (Å²) < 4.78 is 7.16. The molecule has 1 N–H and O–H groups in total. The summed E-state index contributed by atoms with van der Waals surface area (Å²) in [5.41, 5.74) is 1.12. The molecule has 0 spiro atoms. The molecule has 1 aromatic heterocycles. The lowest BCUT2D eigenvalue weighted by Gasteiger charge is -2.16. The average molecular weight is 251 g/mol. The molecule has 1 aliphatic heterocycles. The molecule has 18 heavy (non-hydrogen) atoms. The van der Waals surface area contributed by atoms with E-state index in [2.05, 4.69) is 17.3 Å². The molecule has 1 aromatic rings. The lowest BCUT2D eigenvalue weighted by Crippen LogP contribution is -2.39. The van der Waals surface area contributed by atoms with Crippen molar-refractivity contribution in [1.29, 1.82) is 0 Å². The summed E-state index contributed by atoms with van der Waals surface area (Å²) in [6.45, 7) is 4.14. The van der Waals surface area contributed by atoms with Crippen molar-refractivity contribution in [2.45, 2.75) is 25.8 Å². The SMILES string of the molecule is CCNC1COCC1C(=O)CCc1cnn(C)c1. The van der Waals surface area contributed by atoms with Crippen molar-refractivity contribution in [1.82, 2.24) is 15.1 Å². The van der Waals surface area contributed by atoms with Crippen molar-refractivity contribution in [3.05, 3.63) is 18.0 Å². The molecule has 2 atom stereocenters. The van der Waals surface area contributed by atoms with Crippen LogP contribution in [-0.4, -0.2) is 41.4 Å². The molecule has 5 nitrogen and oxygen atoms in total. The molecule has 0 aromatic carbocycles. The maximum atomic E-state index is 12.2. The maximum Gasteiger partial charge on any atom is 0.140 e. The van der Waals surface area contributed by atoms with E-state index in [4.69, 9.17) is 4.74 Å². The van der Waals surface area contributed by atoms with E-state index in [1.165, 1.54) is 0 Å². The van der Waals surface area contributed by atoms with Crippen LogP contribution in [0.2, 0.25) is 0 Å². The number of nitrogens with zero attached hydrogens (tertiary/aromatic N) is 2. The number of nitrogens with one attached hydrogen (secondary N) is 1. The molecule has 100 valence electrons. The number of ketones is 1. The van der Waals surface area contributed by atoms with Crippen molar-refractivity contribution < 1.29 is 9.53 Å². The summed E-state index contributed by atoms with van der Waals surface area (Å²) in [6, 6.07) is 0.191. The fourth-order valence-electron chi connectivity index (χ4n) is 2.39. The van der Waals surface area contributed by atoms with Crippen LogP contribution in [0, 0.1) is 5.92 Å². The van der Waals surface area contributed by atoms with E-state index >= 15 is 0 Å². The summed E-state index contributed by atoms with van der Waals surface area (Å²) in [5, 5.41) is 7.42. The molecule has 1 saturated heterocycles. The first kappa shape index (κ1) is 13.2. The van der Waals surface area contributed by atoms with Crippen molar-refractivity contribution >= 4 is 5.78 Å². The van der Waals surface area contributed by atoms with Gasteiger partial charge in [0.05, 0.1) is 25.3 Å². The minimum Gasteiger partial charge on any atom is -0.379 e. The van der Waals surface area contributed by atoms with Crippen molar-refractivity contribution in [2.24, 2.45) is 13.0 Å².